The minimum atomic E-state index is -0.492. The second-order valence-electron chi connectivity index (χ2n) is 10.0. The number of carbonyl (C=O) groups is 3. The van der Waals surface area contributed by atoms with E-state index in [9.17, 15) is 14.4 Å². The largest absolute Gasteiger partial charge is 0.492 e. The molecule has 0 spiro atoms. The Morgan fingerprint density at radius 3 is 2.57 bits per heavy atom. The van der Waals surface area contributed by atoms with E-state index in [1.165, 1.54) is 16.2 Å². The van der Waals surface area contributed by atoms with Crippen molar-refractivity contribution in [3.8, 4) is 17.1 Å². The van der Waals surface area contributed by atoms with Crippen LogP contribution in [0.2, 0.25) is 0 Å². The smallest absolute Gasteiger partial charge is 0.266 e. The van der Waals surface area contributed by atoms with Crippen molar-refractivity contribution in [3.63, 3.8) is 0 Å². The Balaban J connectivity index is 1.44. The van der Waals surface area contributed by atoms with Gasteiger partial charge < -0.3 is 20.3 Å². The van der Waals surface area contributed by atoms with Crippen LogP contribution in [0.15, 0.2) is 54.6 Å². The van der Waals surface area contributed by atoms with Crippen molar-refractivity contribution >= 4 is 29.1 Å². The first-order valence-corrected chi connectivity index (χ1v) is 14.6. The van der Waals surface area contributed by atoms with Gasteiger partial charge in [-0.05, 0) is 45.4 Å². The zero-order chi connectivity index (χ0) is 29.6. The summed E-state index contributed by atoms with van der Waals surface area (Å²) in [6.45, 7) is 6.56. The molecule has 2 aromatic carbocycles. The van der Waals surface area contributed by atoms with Crippen LogP contribution in [0, 0.1) is 13.8 Å². The van der Waals surface area contributed by atoms with Gasteiger partial charge in [0.2, 0.25) is 5.91 Å². The van der Waals surface area contributed by atoms with Crippen molar-refractivity contribution in [2.75, 3.05) is 26.2 Å². The number of benzene rings is 2. The van der Waals surface area contributed by atoms with Gasteiger partial charge in [-0.2, -0.15) is 5.10 Å². The molecule has 0 saturated carbocycles. The molecule has 1 aliphatic heterocycles. The molecule has 0 aliphatic carbocycles. The van der Waals surface area contributed by atoms with Crippen LogP contribution in [-0.4, -0.2) is 68.6 Å². The van der Waals surface area contributed by atoms with Crippen molar-refractivity contribution < 1.29 is 19.1 Å². The Bertz CT molecular complexity index is 1580. The minimum absolute atomic E-state index is 0.154. The number of hydrogen-bond acceptors (Lipinski definition) is 8. The molecule has 0 saturated heterocycles. The second kappa shape index (κ2) is 12.9. The Labute approximate surface area is 247 Å². The summed E-state index contributed by atoms with van der Waals surface area (Å²) in [5.41, 5.74) is 1.95. The zero-order valence-electron chi connectivity index (χ0n) is 23.8. The molecule has 2 bridgehead atoms. The molecule has 0 unspecified atom stereocenters. The monoisotopic (exact) mass is 587 g/mol. The van der Waals surface area contributed by atoms with Crippen molar-refractivity contribution in [3.05, 3.63) is 81.6 Å². The molecule has 4 aromatic rings. The summed E-state index contributed by atoms with van der Waals surface area (Å²) >= 11 is 1.31. The lowest BCUT2D eigenvalue weighted by Gasteiger charge is -2.23. The van der Waals surface area contributed by atoms with E-state index in [-0.39, 0.29) is 37.4 Å². The van der Waals surface area contributed by atoms with E-state index < -0.39 is 6.04 Å². The lowest BCUT2D eigenvalue weighted by Crippen LogP contribution is -2.43. The summed E-state index contributed by atoms with van der Waals surface area (Å²) in [6, 6.07) is 16.1. The third-order valence-corrected chi connectivity index (χ3v) is 7.84. The molecule has 1 atom stereocenters. The van der Waals surface area contributed by atoms with Gasteiger partial charge in [-0.3, -0.25) is 14.4 Å². The van der Waals surface area contributed by atoms with Crippen LogP contribution in [-0.2, 0) is 11.3 Å². The molecule has 12 heteroatoms. The van der Waals surface area contributed by atoms with Crippen LogP contribution in [0.3, 0.4) is 0 Å². The molecule has 1 aliphatic rings. The van der Waals surface area contributed by atoms with Gasteiger partial charge in [-0.1, -0.05) is 36.4 Å². The van der Waals surface area contributed by atoms with Gasteiger partial charge in [0.1, 0.15) is 23.1 Å². The van der Waals surface area contributed by atoms with Crippen molar-refractivity contribution in [2.24, 2.45) is 0 Å². The predicted molar refractivity (Wildman–Crippen MR) is 158 cm³/mol. The van der Waals surface area contributed by atoms with Gasteiger partial charge in [0.15, 0.2) is 5.82 Å². The molecule has 11 nitrogen and oxygen atoms in total. The molecule has 0 fully saturated rings. The molecule has 0 radical (unpaired) electrons. The summed E-state index contributed by atoms with van der Waals surface area (Å²) in [5.74, 6) is 0.812. The molecule has 2 N–H and O–H groups in total. The van der Waals surface area contributed by atoms with E-state index in [1.807, 2.05) is 44.2 Å². The van der Waals surface area contributed by atoms with Crippen LogP contribution < -0.4 is 15.4 Å². The first-order chi connectivity index (χ1) is 20.3. The van der Waals surface area contributed by atoms with E-state index in [4.69, 9.17) is 14.8 Å². The van der Waals surface area contributed by atoms with E-state index in [0.717, 1.165) is 10.6 Å². The number of aromatic nitrogens is 4. The fourth-order valence-corrected chi connectivity index (χ4v) is 5.64. The maximum absolute atomic E-state index is 13.5. The summed E-state index contributed by atoms with van der Waals surface area (Å²) in [6.07, 6.45) is 0.460. The minimum Gasteiger partial charge on any atom is -0.492 e. The quantitative estimate of drug-likeness (QED) is 0.367. The molecular weight excluding hydrogens is 554 g/mol. The fourth-order valence-electron chi connectivity index (χ4n) is 4.75. The highest BCUT2D eigenvalue weighted by Crippen LogP contribution is 2.21. The van der Waals surface area contributed by atoms with E-state index in [1.54, 1.807) is 35.9 Å². The number of rotatable bonds is 2. The van der Waals surface area contributed by atoms with Crippen molar-refractivity contribution in [1.82, 2.24) is 35.3 Å². The Morgan fingerprint density at radius 2 is 1.81 bits per heavy atom. The Kier molecular flexibility index (Phi) is 8.91. The highest BCUT2D eigenvalue weighted by molar-refractivity contribution is 7.13. The molecule has 5 rings (SSSR count). The maximum atomic E-state index is 13.5. The SMILES string of the molecule is Cc1nc(C)c(C(=O)N2CCCNC(=O)c3cccc(c3)OCCn3nc(-c4ccccc4)nc3[C@H](C)NC(=O)C2)s1. The number of ether oxygens (including phenoxy) is 1. The lowest BCUT2D eigenvalue weighted by atomic mass is 10.2. The van der Waals surface area contributed by atoms with Gasteiger partial charge >= 0.3 is 0 Å². The Hall–Kier alpha value is -4.58. The molecule has 42 heavy (non-hydrogen) atoms. The summed E-state index contributed by atoms with van der Waals surface area (Å²) in [7, 11) is 0. The highest BCUT2D eigenvalue weighted by Gasteiger charge is 2.25. The third kappa shape index (κ3) is 6.82. The molecule has 3 amide bonds. The Morgan fingerprint density at radius 1 is 1.02 bits per heavy atom. The van der Waals surface area contributed by atoms with Crippen molar-refractivity contribution in [1.29, 1.82) is 0 Å². The molecule has 3 heterocycles. The van der Waals surface area contributed by atoms with Crippen LogP contribution in [0.25, 0.3) is 11.4 Å². The third-order valence-electron chi connectivity index (χ3n) is 6.77. The van der Waals surface area contributed by atoms with Gasteiger partial charge in [0.05, 0.1) is 29.8 Å². The molecule has 2 aromatic heterocycles. The molecule has 218 valence electrons. The van der Waals surface area contributed by atoms with Crippen LogP contribution in [0.4, 0.5) is 0 Å². The standard InChI is InChI=1S/C30H33N7O4S/c1-19-26(42-21(3)32-19)30(40)36-14-8-13-31-29(39)23-11-7-12-24(17-23)41-16-15-37-28(20(2)33-25(38)18-36)34-27(35-37)22-9-5-4-6-10-22/h4-7,9-12,17,20H,8,13-16,18H2,1-3H3,(H,31,39)(H,33,38)/t20-/m0/s1. The van der Waals surface area contributed by atoms with E-state index in [2.05, 4.69) is 15.6 Å². The number of nitrogens with one attached hydrogen (secondary N) is 2. The van der Waals surface area contributed by atoms with Crippen molar-refractivity contribution in [2.45, 2.75) is 39.8 Å². The van der Waals surface area contributed by atoms with Gasteiger partial charge in [0.25, 0.3) is 11.8 Å². The van der Waals surface area contributed by atoms with E-state index >= 15 is 0 Å². The first kappa shape index (κ1) is 28.9. The number of nitrogens with zero attached hydrogens (tertiary/aromatic N) is 5. The van der Waals surface area contributed by atoms with Gasteiger partial charge in [0, 0.05) is 24.2 Å². The normalized spacial score (nSPS) is 16.8. The van der Waals surface area contributed by atoms with Crippen LogP contribution in [0.1, 0.15) is 55.9 Å². The van der Waals surface area contributed by atoms with Crippen LogP contribution in [0.5, 0.6) is 5.75 Å². The summed E-state index contributed by atoms with van der Waals surface area (Å²) in [4.78, 5) is 50.8. The summed E-state index contributed by atoms with van der Waals surface area (Å²) in [5, 5.41) is 11.4. The number of amides is 3. The number of carbonyl (C=O) groups excluding carboxylic acids is 3. The van der Waals surface area contributed by atoms with Crippen LogP contribution >= 0.6 is 11.3 Å². The fraction of sp³-hybridized carbons (Fsp3) is 0.333. The number of fused-ring (bicyclic) bond motifs is 3. The zero-order valence-corrected chi connectivity index (χ0v) is 24.6. The number of aryl methyl sites for hydroxylation is 2. The highest BCUT2D eigenvalue weighted by atomic mass is 32.1. The lowest BCUT2D eigenvalue weighted by molar-refractivity contribution is -0.122. The van der Waals surface area contributed by atoms with Gasteiger partial charge in [-0.15, -0.1) is 11.3 Å². The average Bonchev–Trinajstić information content (AvgIpc) is 3.56. The van der Waals surface area contributed by atoms with Gasteiger partial charge in [-0.25, -0.2) is 14.6 Å². The number of hydrogen-bond donors (Lipinski definition) is 2. The molecular formula is C30H33N7O4S. The van der Waals surface area contributed by atoms with E-state index in [0.29, 0.717) is 53.0 Å². The maximum Gasteiger partial charge on any atom is 0.266 e. The summed E-state index contributed by atoms with van der Waals surface area (Å²) < 4.78 is 7.68. The second-order valence-corrected chi connectivity index (χ2v) is 11.2. The topological polar surface area (TPSA) is 131 Å². The number of thiazole rings is 1. The predicted octanol–water partition coefficient (Wildman–Crippen LogP) is 3.55. The average molecular weight is 588 g/mol. The first-order valence-electron chi connectivity index (χ1n) is 13.8.